The molecule has 2 amide bonds. The van der Waals surface area contributed by atoms with Crippen LogP contribution in [0.2, 0.25) is 10.0 Å². The topological polar surface area (TPSA) is 116 Å². The number of carbonyl (C=O) groups excluding carboxylic acids is 2. The second-order valence-electron chi connectivity index (χ2n) is 11.6. The molecule has 2 saturated heterocycles. The predicted molar refractivity (Wildman–Crippen MR) is 176 cm³/mol. The highest BCUT2D eigenvalue weighted by Gasteiger charge is 2.22. The summed E-state index contributed by atoms with van der Waals surface area (Å²) in [6.07, 6.45) is 5.90. The van der Waals surface area contributed by atoms with Crippen molar-refractivity contribution in [3.8, 4) is 22.9 Å². The van der Waals surface area contributed by atoms with E-state index in [4.69, 9.17) is 32.9 Å². The van der Waals surface area contributed by atoms with Crippen molar-refractivity contribution in [3.05, 3.63) is 58.3 Å². The summed E-state index contributed by atoms with van der Waals surface area (Å²) < 4.78 is 6.20. The van der Waals surface area contributed by atoms with E-state index in [2.05, 4.69) is 35.3 Å². The van der Waals surface area contributed by atoms with Crippen molar-refractivity contribution in [3.63, 3.8) is 0 Å². The number of nitrogens with one attached hydrogen (secondary N) is 2. The van der Waals surface area contributed by atoms with Gasteiger partial charge in [0.15, 0.2) is 5.75 Å². The maximum Gasteiger partial charge on any atom is 0.225 e. The maximum absolute atomic E-state index is 11.6. The smallest absolute Gasteiger partial charge is 0.225 e. The van der Waals surface area contributed by atoms with Crippen molar-refractivity contribution >= 4 is 41.0 Å². The molecule has 2 aliphatic heterocycles. The zero-order valence-electron chi connectivity index (χ0n) is 25.8. The van der Waals surface area contributed by atoms with Gasteiger partial charge in [0.2, 0.25) is 23.6 Å². The maximum atomic E-state index is 11.6. The van der Waals surface area contributed by atoms with Crippen molar-refractivity contribution in [1.82, 2.24) is 35.4 Å². The SMILES string of the molecule is CNC(=O)CCN1CCN(c2ncc(Oc3cc(CN4CCC(CNC(C)=O)CC4)cc(-c4cc(Cl)cc(Cl)c4)n3)cn2)CC1. The van der Waals surface area contributed by atoms with Crippen LogP contribution in [0.4, 0.5) is 5.95 Å². The minimum Gasteiger partial charge on any atom is -0.436 e. The van der Waals surface area contributed by atoms with Crippen LogP contribution >= 0.6 is 23.2 Å². The van der Waals surface area contributed by atoms with Crippen molar-refractivity contribution in [1.29, 1.82) is 0 Å². The average molecular weight is 656 g/mol. The number of rotatable bonds is 11. The highest BCUT2D eigenvalue weighted by molar-refractivity contribution is 6.35. The summed E-state index contributed by atoms with van der Waals surface area (Å²) in [4.78, 5) is 43.6. The van der Waals surface area contributed by atoms with Gasteiger partial charge >= 0.3 is 0 Å². The molecule has 5 rings (SSSR count). The van der Waals surface area contributed by atoms with Crippen LogP contribution in [0.25, 0.3) is 11.3 Å². The monoisotopic (exact) mass is 654 g/mol. The Morgan fingerprint density at radius 3 is 2.27 bits per heavy atom. The lowest BCUT2D eigenvalue weighted by Crippen LogP contribution is -2.47. The molecule has 4 heterocycles. The zero-order valence-corrected chi connectivity index (χ0v) is 27.3. The number of nitrogens with zero attached hydrogens (tertiary/aromatic N) is 6. The van der Waals surface area contributed by atoms with Gasteiger partial charge in [0, 0.05) is 87.9 Å². The summed E-state index contributed by atoms with van der Waals surface area (Å²) in [5.74, 6) is 2.13. The third-order valence-corrected chi connectivity index (χ3v) is 8.64. The van der Waals surface area contributed by atoms with Crippen molar-refractivity contribution in [2.75, 3.05) is 64.3 Å². The minimum atomic E-state index is 0.0178. The molecule has 0 spiro atoms. The van der Waals surface area contributed by atoms with Crippen LogP contribution in [0, 0.1) is 5.92 Å². The largest absolute Gasteiger partial charge is 0.436 e. The Morgan fingerprint density at radius 2 is 1.62 bits per heavy atom. The lowest BCUT2D eigenvalue weighted by atomic mass is 9.96. The summed E-state index contributed by atoms with van der Waals surface area (Å²) in [5, 5.41) is 6.68. The molecule has 3 aromatic rings. The van der Waals surface area contributed by atoms with E-state index in [-0.39, 0.29) is 11.8 Å². The number of likely N-dealkylation sites (tertiary alicyclic amines) is 1. The van der Waals surface area contributed by atoms with Crippen LogP contribution in [-0.2, 0) is 16.1 Å². The molecule has 0 unspecified atom stereocenters. The number of pyridine rings is 1. The lowest BCUT2D eigenvalue weighted by molar-refractivity contribution is -0.121. The lowest BCUT2D eigenvalue weighted by Gasteiger charge is -2.34. The minimum absolute atomic E-state index is 0.0178. The number of anilines is 1. The first-order valence-electron chi connectivity index (χ1n) is 15.4. The highest BCUT2D eigenvalue weighted by Crippen LogP contribution is 2.31. The van der Waals surface area contributed by atoms with Crippen LogP contribution in [0.5, 0.6) is 11.6 Å². The number of amides is 2. The molecular weight excluding hydrogens is 615 g/mol. The quantitative estimate of drug-likeness (QED) is 0.313. The number of ether oxygens (including phenoxy) is 1. The van der Waals surface area contributed by atoms with E-state index in [0.717, 1.165) is 82.9 Å². The molecule has 2 N–H and O–H groups in total. The molecule has 0 radical (unpaired) electrons. The van der Waals surface area contributed by atoms with Gasteiger partial charge in [-0.2, -0.15) is 0 Å². The van der Waals surface area contributed by atoms with E-state index in [1.54, 1.807) is 32.4 Å². The summed E-state index contributed by atoms with van der Waals surface area (Å²) in [6.45, 7) is 8.91. The fourth-order valence-electron chi connectivity index (χ4n) is 5.65. The molecule has 11 nitrogen and oxygen atoms in total. The number of halogens is 2. The van der Waals surface area contributed by atoms with Gasteiger partial charge in [0.25, 0.3) is 0 Å². The summed E-state index contributed by atoms with van der Waals surface area (Å²) >= 11 is 12.7. The molecule has 2 fully saturated rings. The van der Waals surface area contributed by atoms with E-state index in [1.807, 2.05) is 24.3 Å². The van der Waals surface area contributed by atoms with Crippen LogP contribution in [-0.4, -0.2) is 96.0 Å². The number of hydrogen-bond donors (Lipinski definition) is 2. The van der Waals surface area contributed by atoms with Crippen molar-refractivity contribution < 1.29 is 14.3 Å². The van der Waals surface area contributed by atoms with Crippen molar-refractivity contribution in [2.24, 2.45) is 5.92 Å². The normalized spacial score (nSPS) is 16.4. The van der Waals surface area contributed by atoms with Gasteiger partial charge in [0.05, 0.1) is 18.1 Å². The fourth-order valence-corrected chi connectivity index (χ4v) is 6.18. The Kier molecular flexibility index (Phi) is 11.4. The Labute approximate surface area is 274 Å². The van der Waals surface area contributed by atoms with Gasteiger partial charge in [-0.3, -0.25) is 19.4 Å². The van der Waals surface area contributed by atoms with E-state index in [9.17, 15) is 9.59 Å². The molecule has 2 aromatic heterocycles. The summed E-state index contributed by atoms with van der Waals surface area (Å²) in [7, 11) is 1.66. The van der Waals surface area contributed by atoms with E-state index in [0.29, 0.717) is 45.7 Å². The fraction of sp³-hybridized carbons (Fsp3) is 0.469. The second kappa shape index (κ2) is 15.7. The molecule has 0 atom stereocenters. The molecule has 0 saturated carbocycles. The van der Waals surface area contributed by atoms with E-state index in [1.165, 1.54) is 0 Å². The number of hydrogen-bond acceptors (Lipinski definition) is 9. The van der Waals surface area contributed by atoms with Gasteiger partial charge < -0.3 is 20.3 Å². The van der Waals surface area contributed by atoms with Gasteiger partial charge in [-0.15, -0.1) is 0 Å². The Hall–Kier alpha value is -3.51. The van der Waals surface area contributed by atoms with E-state index >= 15 is 0 Å². The first-order chi connectivity index (χ1) is 21.7. The predicted octanol–water partition coefficient (Wildman–Crippen LogP) is 4.24. The molecule has 13 heteroatoms. The number of aromatic nitrogens is 3. The van der Waals surface area contributed by atoms with Gasteiger partial charge in [-0.25, -0.2) is 15.0 Å². The number of piperazine rings is 1. The third-order valence-electron chi connectivity index (χ3n) is 8.20. The molecule has 0 aliphatic carbocycles. The average Bonchev–Trinajstić information content (AvgIpc) is 3.03. The zero-order chi connectivity index (χ0) is 31.8. The van der Waals surface area contributed by atoms with Gasteiger partial charge in [-0.05, 0) is 61.7 Å². The first-order valence-corrected chi connectivity index (χ1v) is 16.1. The standard InChI is InChI=1S/C32H40Cl2N8O3/c1-22(43)36-18-23-3-6-41(7-4-23)21-24-13-29(25-15-26(33)17-27(34)16-25)39-31(14-24)45-28-19-37-32(38-20-28)42-11-9-40(10-12-42)8-5-30(44)35-2/h13-17,19-20,23H,3-12,18,21H2,1-2H3,(H,35,44)(H,36,43). The Balaban J connectivity index is 1.25. The first kappa shape index (κ1) is 32.9. The summed E-state index contributed by atoms with van der Waals surface area (Å²) in [5.41, 5.74) is 2.56. The molecule has 0 bridgehead atoms. The second-order valence-corrected chi connectivity index (χ2v) is 12.5. The highest BCUT2D eigenvalue weighted by atomic mass is 35.5. The number of carbonyl (C=O) groups is 2. The number of benzene rings is 1. The summed E-state index contributed by atoms with van der Waals surface area (Å²) in [6, 6.07) is 9.37. The number of piperidine rings is 1. The van der Waals surface area contributed by atoms with Crippen LogP contribution in [0.1, 0.15) is 31.7 Å². The van der Waals surface area contributed by atoms with Gasteiger partial charge in [-0.1, -0.05) is 23.2 Å². The molecular formula is C32H40Cl2N8O3. The van der Waals surface area contributed by atoms with E-state index < -0.39 is 0 Å². The van der Waals surface area contributed by atoms with Crippen molar-refractivity contribution in [2.45, 2.75) is 32.7 Å². The van der Waals surface area contributed by atoms with Crippen LogP contribution < -0.4 is 20.3 Å². The molecule has 240 valence electrons. The Bertz CT molecular complexity index is 1440. The molecule has 45 heavy (non-hydrogen) atoms. The third kappa shape index (κ3) is 9.74. The Morgan fingerprint density at radius 1 is 0.933 bits per heavy atom. The molecule has 1 aromatic carbocycles. The van der Waals surface area contributed by atoms with Crippen LogP contribution in [0.3, 0.4) is 0 Å². The van der Waals surface area contributed by atoms with Crippen LogP contribution in [0.15, 0.2) is 42.7 Å². The molecule has 2 aliphatic rings. The van der Waals surface area contributed by atoms with Gasteiger partial charge in [0.1, 0.15) is 0 Å².